The summed E-state index contributed by atoms with van der Waals surface area (Å²) < 4.78 is 121. The average molecular weight is 1920 g/mol. The third kappa shape index (κ3) is 31.7. The molecule has 0 unspecified atom stereocenters. The zero-order valence-corrected chi connectivity index (χ0v) is 79.3. The van der Waals surface area contributed by atoms with Crippen LogP contribution in [0.15, 0.2) is 102 Å². The van der Waals surface area contributed by atoms with Gasteiger partial charge in [-0.1, -0.05) is 37.1 Å². The number of benzene rings is 5. The number of esters is 6. The van der Waals surface area contributed by atoms with Gasteiger partial charge in [-0.15, -0.1) is 0 Å². The van der Waals surface area contributed by atoms with Crippen LogP contribution in [0.3, 0.4) is 0 Å². The van der Waals surface area contributed by atoms with E-state index < -0.39 is 171 Å². The Morgan fingerprint density at radius 1 is 0.474 bits per heavy atom. The van der Waals surface area contributed by atoms with Crippen LogP contribution in [0, 0.1) is 18.8 Å². The van der Waals surface area contributed by atoms with E-state index in [-0.39, 0.29) is 167 Å². The van der Waals surface area contributed by atoms with Gasteiger partial charge < -0.3 is 125 Å². The van der Waals surface area contributed by atoms with Gasteiger partial charge in [0.05, 0.1) is 145 Å². The van der Waals surface area contributed by atoms with Gasteiger partial charge in [0.1, 0.15) is 68.7 Å². The van der Waals surface area contributed by atoms with E-state index >= 15 is 0 Å². The number of hydrogen-bond donors (Lipinski definition) is 6. The largest absolute Gasteiger partial charge is 0.493 e. The number of nitrogens with one attached hydrogen (secondary N) is 4. The predicted molar refractivity (Wildman–Crippen MR) is 481 cm³/mol. The Hall–Kier alpha value is -12.6. The third-order valence-corrected chi connectivity index (χ3v) is 21.9. The van der Waals surface area contributed by atoms with Crippen molar-refractivity contribution in [2.45, 2.75) is 183 Å². The molecule has 2 saturated heterocycles. The van der Waals surface area contributed by atoms with Gasteiger partial charge in [-0.2, -0.15) is 0 Å². The van der Waals surface area contributed by atoms with Gasteiger partial charge in [-0.3, -0.25) is 53.8 Å². The van der Waals surface area contributed by atoms with Crippen molar-refractivity contribution in [2.75, 3.05) is 139 Å². The number of anilines is 2. The Balaban J connectivity index is 1.00. The van der Waals surface area contributed by atoms with E-state index in [1.807, 2.05) is 0 Å². The molecule has 42 nitrogen and oxygen atoms in total. The topological polar surface area (TPSA) is 503 Å². The van der Waals surface area contributed by atoms with E-state index in [0.717, 1.165) is 32.1 Å². The molecule has 0 saturated carbocycles. The molecule has 5 aromatic rings. The van der Waals surface area contributed by atoms with Gasteiger partial charge in [0.25, 0.3) is 17.7 Å². The number of carbonyl (C=O) groups excluding carboxylic acids is 12. The van der Waals surface area contributed by atoms with Crippen LogP contribution in [0.1, 0.15) is 157 Å². The number of rotatable bonds is 51. The molecule has 0 spiro atoms. The quantitative estimate of drug-likeness (QED) is 0.00699. The molecule has 0 aliphatic carbocycles. The fourth-order valence-electron chi connectivity index (χ4n) is 15.1. The van der Waals surface area contributed by atoms with Crippen molar-refractivity contribution in [3.05, 3.63) is 152 Å². The number of nitrogens with zero attached hydrogens (tertiary/aromatic N) is 2. The molecule has 0 radical (unpaired) electrons. The molecule has 748 valence electrons. The second-order valence-electron chi connectivity index (χ2n) is 32.3. The van der Waals surface area contributed by atoms with Crippen LogP contribution in [0.2, 0.25) is 0 Å². The number of aliphatic hydroxyl groups is 2. The molecule has 0 bridgehead atoms. The van der Waals surface area contributed by atoms with Crippen LogP contribution < -0.4 is 49.9 Å². The highest BCUT2D eigenvalue weighted by molar-refractivity contribution is 6.06. The van der Waals surface area contributed by atoms with Gasteiger partial charge in [0, 0.05) is 91.9 Å². The van der Waals surface area contributed by atoms with Gasteiger partial charge >= 0.3 is 48.0 Å². The molecule has 5 amide bonds. The zero-order valence-electron chi connectivity index (χ0n) is 79.3. The lowest BCUT2D eigenvalue weighted by Crippen LogP contribution is -2.60. The molecule has 4 aliphatic rings. The van der Waals surface area contributed by atoms with Gasteiger partial charge in [-0.25, -0.2) is 24.7 Å². The van der Waals surface area contributed by atoms with Crippen LogP contribution in [0.5, 0.6) is 34.5 Å². The van der Waals surface area contributed by atoms with Crippen molar-refractivity contribution in [3.8, 4) is 34.5 Å². The number of aliphatic hydroxyl groups excluding tert-OH is 2. The van der Waals surface area contributed by atoms with Crippen LogP contribution in [-0.4, -0.2) is 281 Å². The number of methoxy groups -OCH3 is 4. The molecule has 9 rings (SSSR count). The molecular formula is C95H122N6O36. The highest BCUT2D eigenvalue weighted by Crippen LogP contribution is 2.41. The van der Waals surface area contributed by atoms with E-state index in [0.29, 0.717) is 47.3 Å². The minimum atomic E-state index is -1.68. The molecular weight excluding hydrogens is 1800 g/mol. The summed E-state index contributed by atoms with van der Waals surface area (Å²) in [7, 11) is 6.73. The summed E-state index contributed by atoms with van der Waals surface area (Å²) in [6.07, 6.45) is -8.14. The number of ether oxygens (including phenoxy) is 21. The Labute approximate surface area is 792 Å². The van der Waals surface area contributed by atoms with Gasteiger partial charge in [0.2, 0.25) is 18.7 Å². The SMILES string of the molecule is CNOCCOCCNC(=O)c1cc(COC(=O)Nc2cc(OCc3cc(COc4cc(NC(=O)OCc5ccc(O[C@@H]6O[C@H](C)[C@@H](C)[C@H](OC(C)=O)[C@H]6OC(C)=O)c(C(=O)CCCOC)c5)c(C(=O)N5C=C(C)C[C@H]5CO)cc4OC)cc(OCCOCCOCCOCC(=O)OC)c3)c(C)cc2C(=O)N2C=C(C)C[C@H]2CO)ccc1O[C@@H]1O[C@H](C(=O)OC)[C@@H](OC(C)=O)[C@H](OC(C)=O)[C@H]1C. The second kappa shape index (κ2) is 53.8. The number of ketones is 1. The molecule has 4 heterocycles. The summed E-state index contributed by atoms with van der Waals surface area (Å²) in [6, 6.07) is 18.0. The van der Waals surface area contributed by atoms with Crippen LogP contribution >= 0.6 is 0 Å². The zero-order chi connectivity index (χ0) is 99.5. The number of hydroxylamine groups is 1. The highest BCUT2D eigenvalue weighted by Gasteiger charge is 2.53. The number of amides is 5. The summed E-state index contributed by atoms with van der Waals surface area (Å²) in [5.74, 6) is -7.96. The lowest BCUT2D eigenvalue weighted by Gasteiger charge is -2.43. The number of hydrogen-bond acceptors (Lipinski definition) is 37. The van der Waals surface area contributed by atoms with E-state index in [2.05, 4.69) is 26.2 Å². The molecule has 2 fully saturated rings. The number of aryl methyl sites for hydroxylation is 1. The number of carbonyl (C=O) groups is 12. The van der Waals surface area contributed by atoms with E-state index in [4.69, 9.17) is 99.6 Å². The minimum absolute atomic E-state index is 0.00286. The lowest BCUT2D eigenvalue weighted by molar-refractivity contribution is -0.263. The molecule has 137 heavy (non-hydrogen) atoms. The first-order valence-corrected chi connectivity index (χ1v) is 44.3. The Morgan fingerprint density at radius 3 is 1.54 bits per heavy atom. The van der Waals surface area contributed by atoms with Gasteiger partial charge in [-0.05, 0) is 129 Å². The summed E-state index contributed by atoms with van der Waals surface area (Å²) in [6.45, 7) is 13.8. The summed E-state index contributed by atoms with van der Waals surface area (Å²) >= 11 is 0. The lowest BCUT2D eigenvalue weighted by atomic mass is 9.91. The maximum atomic E-state index is 14.8. The summed E-state index contributed by atoms with van der Waals surface area (Å²) in [4.78, 5) is 169. The third-order valence-electron chi connectivity index (χ3n) is 21.9. The molecule has 0 aromatic heterocycles. The molecule has 6 N–H and O–H groups in total. The molecule has 42 heteroatoms. The van der Waals surface area contributed by atoms with Crippen LogP contribution in [-0.2, 0) is 131 Å². The smallest absolute Gasteiger partial charge is 0.411 e. The fourth-order valence-corrected chi connectivity index (χ4v) is 15.1. The highest BCUT2D eigenvalue weighted by atomic mass is 16.7. The van der Waals surface area contributed by atoms with E-state index in [1.54, 1.807) is 79.2 Å². The number of Topliss-reactive ketones (excluding diaryl/α,β-unsaturated/α-hetero) is 1. The standard InChI is InChI=1S/C95H122N6O36/c1-53-33-67(46-102)100(44-53)89(111)70-35-55(3)79(42-74(70)98-94(114)128-49-64-19-21-78(73(40-64)88(110)97-22-24-120-30-32-129-96-11)135-92-57(5)84(132-60(8)105)85(133-61(9)106)86(137-92)91(113)119-15)125-50-65-36-66(38-69(37-65)124-31-29-122-26-25-121-27-28-123-52-82(109)118-14)51-126-81-43-75(71(41-80(81)117-13)90(112)101-45-54(2)34-68(101)47-103)99-95(115)127-48-63-18-20-77(72(39-63)76(108)17-16-23-116-12)136-93-87(134-62(10)107)83(131-59(7)104)56(4)58(6)130-93/h18-21,35-45,56-58,67-68,83-87,92-93,96,102-103H,16-17,22-34,46-52H2,1-15H3,(H,97,110)(H,98,114)(H,99,115)/t56-,57-,58-,67+,68+,83+,84-,85+,86+,87-,92-,93+/m1/s1. The molecule has 12 atom stereocenters. The van der Waals surface area contributed by atoms with Crippen LogP contribution in [0.25, 0.3) is 0 Å². The summed E-state index contributed by atoms with van der Waals surface area (Å²) in [5.41, 5.74) is 5.50. The Morgan fingerprint density at radius 2 is 0.985 bits per heavy atom. The Bertz CT molecular complexity index is 5080. The maximum absolute atomic E-state index is 14.8. The first kappa shape index (κ1) is 108. The first-order valence-electron chi connectivity index (χ1n) is 44.3. The average Bonchev–Trinajstić information content (AvgIpc) is 1.66. The fraction of sp³-hybridized carbons (Fsp3) is 0.516. The maximum Gasteiger partial charge on any atom is 0.411 e. The van der Waals surface area contributed by atoms with Crippen molar-refractivity contribution in [1.29, 1.82) is 0 Å². The van der Waals surface area contributed by atoms with Crippen molar-refractivity contribution in [3.63, 3.8) is 0 Å². The normalized spacial score (nSPS) is 19.9. The van der Waals surface area contributed by atoms with Crippen molar-refractivity contribution < 1.29 is 172 Å². The first-order chi connectivity index (χ1) is 65.7. The molecule has 5 aromatic carbocycles. The van der Waals surface area contributed by atoms with Crippen molar-refractivity contribution in [2.24, 2.45) is 11.8 Å². The minimum Gasteiger partial charge on any atom is -0.493 e. The van der Waals surface area contributed by atoms with E-state index in [1.165, 1.54) is 106 Å². The van der Waals surface area contributed by atoms with Crippen LogP contribution in [0.4, 0.5) is 21.0 Å². The van der Waals surface area contributed by atoms with Gasteiger partial charge in [0.15, 0.2) is 35.6 Å². The van der Waals surface area contributed by atoms with Crippen molar-refractivity contribution in [1.82, 2.24) is 20.6 Å². The Kier molecular flexibility index (Phi) is 42.4. The molecule has 4 aliphatic heterocycles. The second-order valence-corrected chi connectivity index (χ2v) is 32.3. The predicted octanol–water partition coefficient (Wildman–Crippen LogP) is 8.39. The summed E-state index contributed by atoms with van der Waals surface area (Å²) in [5, 5.41) is 29.2. The van der Waals surface area contributed by atoms with Crippen molar-refractivity contribution >= 4 is 82.9 Å². The van der Waals surface area contributed by atoms with E-state index in [9.17, 15) is 67.7 Å². The monoisotopic (exact) mass is 1920 g/mol.